The number of nitrogens with two attached hydrogens (primary N) is 1. The average Bonchev–Trinajstić information content (AvgIpc) is 2.55. The minimum atomic E-state index is -1.25. The van der Waals surface area contributed by atoms with Crippen molar-refractivity contribution >= 4 is 11.8 Å². The summed E-state index contributed by atoms with van der Waals surface area (Å²) in [6.45, 7) is 0.113. The van der Waals surface area contributed by atoms with Crippen LogP contribution in [0.15, 0.2) is 29.3 Å². The first-order valence-corrected chi connectivity index (χ1v) is 4.80. The predicted molar refractivity (Wildman–Crippen MR) is 59.8 cm³/mol. The van der Waals surface area contributed by atoms with E-state index >= 15 is 0 Å². The van der Waals surface area contributed by atoms with Crippen LogP contribution in [0.25, 0.3) is 0 Å². The number of carbonyl (C=O) groups is 1. The lowest BCUT2D eigenvalue weighted by Crippen LogP contribution is -2.21. The number of aromatic amines is 1. The zero-order valence-corrected chi connectivity index (χ0v) is 8.75. The van der Waals surface area contributed by atoms with Crippen molar-refractivity contribution in [2.75, 3.05) is 5.73 Å². The van der Waals surface area contributed by atoms with Crippen LogP contribution in [0.3, 0.4) is 0 Å². The zero-order valence-electron chi connectivity index (χ0n) is 8.75. The highest BCUT2D eigenvalue weighted by atomic mass is 16.4. The molecule has 0 radical (unpaired) electrons. The van der Waals surface area contributed by atoms with Crippen molar-refractivity contribution < 1.29 is 9.90 Å². The summed E-state index contributed by atoms with van der Waals surface area (Å²) in [5.41, 5.74) is 5.35. The summed E-state index contributed by atoms with van der Waals surface area (Å²) in [6, 6.07) is 3.45. The number of anilines is 1. The van der Waals surface area contributed by atoms with Crippen molar-refractivity contribution in [3.8, 4) is 0 Å². The van der Waals surface area contributed by atoms with Crippen LogP contribution in [0.5, 0.6) is 0 Å². The van der Waals surface area contributed by atoms with Gasteiger partial charge in [-0.2, -0.15) is 0 Å². The number of nitrogen functional groups attached to an aromatic ring is 1. The molecule has 0 aliphatic rings. The summed E-state index contributed by atoms with van der Waals surface area (Å²) >= 11 is 0. The Bertz CT molecular complexity index is 600. The van der Waals surface area contributed by atoms with Gasteiger partial charge >= 0.3 is 11.7 Å². The molecule has 88 valence electrons. The lowest BCUT2D eigenvalue weighted by molar-refractivity contribution is 0.0686. The molecule has 17 heavy (non-hydrogen) atoms. The number of nitrogens with one attached hydrogen (secondary N) is 1. The molecule has 4 N–H and O–H groups in total. The van der Waals surface area contributed by atoms with Crippen LogP contribution >= 0.6 is 0 Å². The quantitative estimate of drug-likeness (QED) is 0.686. The number of aromatic carboxylic acids is 1. The second kappa shape index (κ2) is 4.12. The van der Waals surface area contributed by atoms with Crippen LogP contribution in [-0.4, -0.2) is 25.6 Å². The van der Waals surface area contributed by atoms with Gasteiger partial charge in [-0.25, -0.2) is 9.59 Å². The molecule has 7 heteroatoms. The lowest BCUT2D eigenvalue weighted by atomic mass is 10.3. The maximum atomic E-state index is 11.5. The molecule has 2 aromatic heterocycles. The minimum absolute atomic E-state index is 0.113. The molecule has 0 aliphatic heterocycles. The van der Waals surface area contributed by atoms with E-state index < -0.39 is 11.7 Å². The zero-order chi connectivity index (χ0) is 12.4. The highest BCUT2D eigenvalue weighted by molar-refractivity contribution is 5.90. The standard InChI is InChI=1S/C10H10N4O3/c11-8-7(9(15)16)14(10(17)13-8)5-6-2-1-3-12-4-6/h1-4H,5,11H2,(H,13,17)(H,15,16). The second-order valence-electron chi connectivity index (χ2n) is 3.45. The summed E-state index contributed by atoms with van der Waals surface area (Å²) in [5.74, 6) is -1.39. The summed E-state index contributed by atoms with van der Waals surface area (Å²) in [4.78, 5) is 28.6. The molecule has 0 amide bonds. The van der Waals surface area contributed by atoms with Crippen LogP contribution in [0.1, 0.15) is 16.1 Å². The molecule has 0 unspecified atom stereocenters. The number of nitrogens with zero attached hydrogens (tertiary/aromatic N) is 2. The molecule has 0 spiro atoms. The number of rotatable bonds is 3. The van der Waals surface area contributed by atoms with Crippen molar-refractivity contribution in [3.05, 3.63) is 46.3 Å². The Hall–Kier alpha value is -2.57. The van der Waals surface area contributed by atoms with Crippen molar-refractivity contribution in [2.24, 2.45) is 0 Å². The molecule has 0 aliphatic carbocycles. The van der Waals surface area contributed by atoms with Crippen LogP contribution in [0, 0.1) is 0 Å². The van der Waals surface area contributed by atoms with Crippen molar-refractivity contribution in [1.29, 1.82) is 0 Å². The van der Waals surface area contributed by atoms with E-state index in [9.17, 15) is 9.59 Å². The Morgan fingerprint density at radius 2 is 2.35 bits per heavy atom. The molecule has 2 rings (SSSR count). The fraction of sp³-hybridized carbons (Fsp3) is 0.100. The molecule has 0 bridgehead atoms. The Labute approximate surface area is 95.5 Å². The Morgan fingerprint density at radius 1 is 1.59 bits per heavy atom. The van der Waals surface area contributed by atoms with Crippen molar-refractivity contribution in [3.63, 3.8) is 0 Å². The largest absolute Gasteiger partial charge is 0.476 e. The van der Waals surface area contributed by atoms with Gasteiger partial charge in [0.1, 0.15) is 5.82 Å². The molecule has 0 aromatic carbocycles. The number of carboxylic acids is 1. The second-order valence-corrected chi connectivity index (χ2v) is 3.45. The number of aromatic nitrogens is 3. The van der Waals surface area contributed by atoms with E-state index in [1.807, 2.05) is 0 Å². The molecule has 2 heterocycles. The van der Waals surface area contributed by atoms with Gasteiger partial charge < -0.3 is 10.8 Å². The van der Waals surface area contributed by atoms with Crippen molar-refractivity contribution in [2.45, 2.75) is 6.54 Å². The Morgan fingerprint density at radius 3 is 2.94 bits per heavy atom. The number of pyridine rings is 1. The highest BCUT2D eigenvalue weighted by Gasteiger charge is 2.18. The third-order valence-electron chi connectivity index (χ3n) is 2.28. The van der Waals surface area contributed by atoms with E-state index in [2.05, 4.69) is 9.97 Å². The predicted octanol–water partition coefficient (Wildman–Crippen LogP) is -0.0999. The number of hydrogen-bond donors (Lipinski definition) is 3. The van der Waals surface area contributed by atoms with Gasteiger partial charge in [-0.3, -0.25) is 14.5 Å². The SMILES string of the molecule is Nc1[nH]c(=O)n(Cc2cccnc2)c1C(=O)O. The lowest BCUT2D eigenvalue weighted by Gasteiger charge is -2.03. The molecular weight excluding hydrogens is 224 g/mol. The summed E-state index contributed by atoms with van der Waals surface area (Å²) in [7, 11) is 0. The van der Waals surface area contributed by atoms with Crippen LogP contribution in [0.2, 0.25) is 0 Å². The van der Waals surface area contributed by atoms with Gasteiger partial charge in [0.25, 0.3) is 0 Å². The van der Waals surface area contributed by atoms with E-state index in [4.69, 9.17) is 10.8 Å². The highest BCUT2D eigenvalue weighted by Crippen LogP contribution is 2.08. The van der Waals surface area contributed by atoms with Gasteiger partial charge in [0.2, 0.25) is 0 Å². The van der Waals surface area contributed by atoms with Crippen molar-refractivity contribution in [1.82, 2.24) is 14.5 Å². The Kier molecular flexibility index (Phi) is 2.65. The van der Waals surface area contributed by atoms with Gasteiger partial charge in [0.15, 0.2) is 5.69 Å². The molecule has 0 atom stereocenters. The summed E-state index contributed by atoms with van der Waals surface area (Å²) in [6.07, 6.45) is 3.15. The maximum Gasteiger partial charge on any atom is 0.356 e. The average molecular weight is 234 g/mol. The van der Waals surface area contributed by atoms with Gasteiger partial charge in [0, 0.05) is 12.4 Å². The third kappa shape index (κ3) is 2.03. The number of imidazole rings is 1. The van der Waals surface area contributed by atoms with Crippen LogP contribution in [0.4, 0.5) is 5.82 Å². The van der Waals surface area contributed by atoms with E-state index in [-0.39, 0.29) is 18.1 Å². The fourth-order valence-corrected chi connectivity index (χ4v) is 1.54. The topological polar surface area (TPSA) is 114 Å². The summed E-state index contributed by atoms with van der Waals surface area (Å²) < 4.78 is 1.06. The van der Waals surface area contributed by atoms with Gasteiger partial charge in [-0.1, -0.05) is 6.07 Å². The molecule has 0 fully saturated rings. The number of carboxylic acid groups (broad SMARTS) is 1. The molecule has 7 nitrogen and oxygen atoms in total. The maximum absolute atomic E-state index is 11.5. The van der Waals surface area contributed by atoms with E-state index in [1.165, 1.54) is 0 Å². The van der Waals surface area contributed by atoms with Gasteiger partial charge in [0.05, 0.1) is 6.54 Å². The normalized spacial score (nSPS) is 10.4. The number of H-pyrrole nitrogens is 1. The van der Waals surface area contributed by atoms with E-state index in [1.54, 1.807) is 24.5 Å². The van der Waals surface area contributed by atoms with Gasteiger partial charge in [-0.05, 0) is 11.6 Å². The fourth-order valence-electron chi connectivity index (χ4n) is 1.54. The third-order valence-corrected chi connectivity index (χ3v) is 2.28. The van der Waals surface area contributed by atoms with E-state index in [0.29, 0.717) is 0 Å². The molecule has 2 aromatic rings. The minimum Gasteiger partial charge on any atom is -0.476 e. The number of hydrogen-bond acceptors (Lipinski definition) is 4. The molecular formula is C10H10N4O3. The molecule has 0 saturated carbocycles. The smallest absolute Gasteiger partial charge is 0.356 e. The first kappa shape index (κ1) is 10.9. The Balaban J connectivity index is 2.46. The first-order chi connectivity index (χ1) is 8.09. The monoisotopic (exact) mass is 234 g/mol. The van der Waals surface area contributed by atoms with Crippen LogP contribution in [-0.2, 0) is 6.54 Å². The van der Waals surface area contributed by atoms with E-state index in [0.717, 1.165) is 10.1 Å². The summed E-state index contributed by atoms with van der Waals surface area (Å²) in [5, 5.41) is 8.96. The van der Waals surface area contributed by atoms with Crippen LogP contribution < -0.4 is 11.4 Å². The molecule has 0 saturated heterocycles. The van der Waals surface area contributed by atoms with Gasteiger partial charge in [-0.15, -0.1) is 0 Å². The first-order valence-electron chi connectivity index (χ1n) is 4.80.